The molecule has 1 aromatic carbocycles. The first-order valence-corrected chi connectivity index (χ1v) is 7.08. The zero-order valence-corrected chi connectivity index (χ0v) is 12.8. The van der Waals surface area contributed by atoms with Crippen LogP contribution in [0.4, 0.5) is 0 Å². The summed E-state index contributed by atoms with van der Waals surface area (Å²) in [5.74, 6) is 0.416. The largest absolute Gasteiger partial charge is 0.396 e. The van der Waals surface area contributed by atoms with Gasteiger partial charge in [-0.05, 0) is 37.4 Å². The number of aliphatic hydroxyl groups excluding tert-OH is 1. The van der Waals surface area contributed by atoms with Crippen molar-refractivity contribution < 1.29 is 5.11 Å². The summed E-state index contributed by atoms with van der Waals surface area (Å²) >= 11 is 18.1. The van der Waals surface area contributed by atoms with Crippen LogP contribution in [0.1, 0.15) is 31.9 Å². The van der Waals surface area contributed by atoms with E-state index in [2.05, 4.69) is 12.2 Å². The van der Waals surface area contributed by atoms with Crippen molar-refractivity contribution in [1.82, 2.24) is 5.32 Å². The van der Waals surface area contributed by atoms with Gasteiger partial charge in [-0.15, -0.1) is 0 Å². The average molecular weight is 311 g/mol. The molecule has 2 atom stereocenters. The third kappa shape index (κ3) is 4.29. The summed E-state index contributed by atoms with van der Waals surface area (Å²) in [6.07, 6.45) is 0.787. The minimum atomic E-state index is 0.0911. The van der Waals surface area contributed by atoms with Crippen molar-refractivity contribution in [3.8, 4) is 0 Å². The van der Waals surface area contributed by atoms with Gasteiger partial charge in [-0.3, -0.25) is 0 Å². The third-order valence-electron chi connectivity index (χ3n) is 2.93. The van der Waals surface area contributed by atoms with Gasteiger partial charge in [0.25, 0.3) is 0 Å². The van der Waals surface area contributed by atoms with Crippen molar-refractivity contribution in [3.63, 3.8) is 0 Å². The number of benzene rings is 1. The zero-order chi connectivity index (χ0) is 13.7. The van der Waals surface area contributed by atoms with E-state index in [9.17, 15) is 0 Å². The Balaban J connectivity index is 2.67. The Bertz CT molecular complexity index is 398. The highest BCUT2D eigenvalue weighted by Gasteiger charge is 2.14. The van der Waals surface area contributed by atoms with Gasteiger partial charge in [-0.2, -0.15) is 0 Å². The number of aliphatic hydroxyl groups is 1. The molecule has 0 aromatic heterocycles. The molecule has 0 heterocycles. The number of nitrogens with one attached hydrogen (secondary N) is 1. The van der Waals surface area contributed by atoms with Gasteiger partial charge in [0, 0.05) is 12.6 Å². The van der Waals surface area contributed by atoms with Gasteiger partial charge in [-0.1, -0.05) is 47.8 Å². The fourth-order valence-electron chi connectivity index (χ4n) is 1.69. The van der Waals surface area contributed by atoms with Crippen LogP contribution in [-0.4, -0.2) is 18.3 Å². The minimum absolute atomic E-state index is 0.0911. The molecule has 5 heteroatoms. The van der Waals surface area contributed by atoms with E-state index in [4.69, 9.17) is 39.9 Å². The lowest BCUT2D eigenvalue weighted by molar-refractivity contribution is 0.258. The molecular formula is C13H18Cl3NO. The number of hydrogen-bond acceptors (Lipinski definition) is 2. The number of rotatable bonds is 6. The van der Waals surface area contributed by atoms with E-state index in [1.807, 2.05) is 13.0 Å². The van der Waals surface area contributed by atoms with Crippen LogP contribution in [0.3, 0.4) is 0 Å². The molecule has 1 rings (SSSR count). The SMILES string of the molecule is CC(CCO)CNC(C)c1ccc(Cl)c(Cl)c1Cl. The Morgan fingerprint density at radius 1 is 1.17 bits per heavy atom. The first-order chi connectivity index (χ1) is 8.47. The van der Waals surface area contributed by atoms with Gasteiger partial charge in [0.05, 0.1) is 15.1 Å². The summed E-state index contributed by atoms with van der Waals surface area (Å²) in [5, 5.41) is 13.6. The van der Waals surface area contributed by atoms with Crippen LogP contribution in [-0.2, 0) is 0 Å². The van der Waals surface area contributed by atoms with Crippen LogP contribution in [0, 0.1) is 5.92 Å². The molecule has 0 saturated carbocycles. The zero-order valence-electron chi connectivity index (χ0n) is 10.5. The molecule has 2 nitrogen and oxygen atoms in total. The highest BCUT2D eigenvalue weighted by Crippen LogP contribution is 2.35. The van der Waals surface area contributed by atoms with Crippen molar-refractivity contribution in [3.05, 3.63) is 32.8 Å². The van der Waals surface area contributed by atoms with Gasteiger partial charge in [0.15, 0.2) is 0 Å². The van der Waals surface area contributed by atoms with E-state index in [0.717, 1.165) is 18.5 Å². The molecule has 0 saturated heterocycles. The van der Waals surface area contributed by atoms with E-state index < -0.39 is 0 Å². The molecule has 1 aromatic rings. The Hall–Kier alpha value is 0.01000. The summed E-state index contributed by atoms with van der Waals surface area (Å²) in [6.45, 7) is 5.15. The Morgan fingerprint density at radius 2 is 1.83 bits per heavy atom. The Kier molecular flexibility index (Phi) is 6.75. The second-order valence-electron chi connectivity index (χ2n) is 4.51. The topological polar surface area (TPSA) is 32.3 Å². The first kappa shape index (κ1) is 16.1. The van der Waals surface area contributed by atoms with E-state index in [1.165, 1.54) is 0 Å². The predicted molar refractivity (Wildman–Crippen MR) is 78.8 cm³/mol. The lowest BCUT2D eigenvalue weighted by Crippen LogP contribution is -2.25. The van der Waals surface area contributed by atoms with Crippen molar-refractivity contribution in [2.45, 2.75) is 26.3 Å². The van der Waals surface area contributed by atoms with Crippen molar-refractivity contribution in [1.29, 1.82) is 0 Å². The summed E-state index contributed by atoms with van der Waals surface area (Å²) in [7, 11) is 0. The summed E-state index contributed by atoms with van der Waals surface area (Å²) in [5.41, 5.74) is 0.933. The van der Waals surface area contributed by atoms with Gasteiger partial charge < -0.3 is 10.4 Å². The van der Waals surface area contributed by atoms with Crippen LogP contribution in [0.5, 0.6) is 0 Å². The standard InChI is InChI=1S/C13H18Cl3NO/c1-8(5-6-18)7-17-9(2)10-3-4-11(14)13(16)12(10)15/h3-4,8-9,17-18H,5-7H2,1-2H3. The molecule has 2 unspecified atom stereocenters. The van der Waals surface area contributed by atoms with Crippen LogP contribution in [0.25, 0.3) is 0 Å². The highest BCUT2D eigenvalue weighted by molar-refractivity contribution is 6.48. The van der Waals surface area contributed by atoms with Gasteiger partial charge >= 0.3 is 0 Å². The maximum Gasteiger partial charge on any atom is 0.0781 e. The molecule has 102 valence electrons. The van der Waals surface area contributed by atoms with Crippen LogP contribution in [0.2, 0.25) is 15.1 Å². The van der Waals surface area contributed by atoms with Gasteiger partial charge in [-0.25, -0.2) is 0 Å². The fraction of sp³-hybridized carbons (Fsp3) is 0.538. The second kappa shape index (κ2) is 7.56. The fourth-order valence-corrected chi connectivity index (χ4v) is 2.39. The molecule has 0 bridgehead atoms. The maximum atomic E-state index is 8.85. The molecule has 0 aliphatic carbocycles. The smallest absolute Gasteiger partial charge is 0.0781 e. The Morgan fingerprint density at radius 3 is 2.44 bits per heavy atom. The average Bonchev–Trinajstić information content (AvgIpc) is 2.34. The van der Waals surface area contributed by atoms with Crippen LogP contribution < -0.4 is 5.32 Å². The first-order valence-electron chi connectivity index (χ1n) is 5.95. The number of hydrogen-bond donors (Lipinski definition) is 2. The van der Waals surface area contributed by atoms with Gasteiger partial charge in [0.1, 0.15) is 0 Å². The monoisotopic (exact) mass is 309 g/mol. The van der Waals surface area contributed by atoms with Crippen molar-refractivity contribution >= 4 is 34.8 Å². The summed E-state index contributed by atoms with van der Waals surface area (Å²) in [4.78, 5) is 0. The number of halogens is 3. The molecule has 0 spiro atoms. The summed E-state index contributed by atoms with van der Waals surface area (Å²) < 4.78 is 0. The molecule has 0 fully saturated rings. The normalized spacial score (nSPS) is 14.6. The lowest BCUT2D eigenvalue weighted by atomic mass is 10.1. The molecule has 18 heavy (non-hydrogen) atoms. The molecule has 0 aliphatic rings. The molecule has 0 amide bonds. The maximum absolute atomic E-state index is 8.85. The van der Waals surface area contributed by atoms with E-state index in [0.29, 0.717) is 21.0 Å². The van der Waals surface area contributed by atoms with Crippen LogP contribution >= 0.6 is 34.8 Å². The molecule has 0 radical (unpaired) electrons. The van der Waals surface area contributed by atoms with Crippen molar-refractivity contribution in [2.75, 3.05) is 13.2 Å². The summed E-state index contributed by atoms with van der Waals surface area (Å²) in [6, 6.07) is 3.72. The second-order valence-corrected chi connectivity index (χ2v) is 5.68. The van der Waals surface area contributed by atoms with Gasteiger partial charge in [0.2, 0.25) is 0 Å². The molecule has 2 N–H and O–H groups in total. The van der Waals surface area contributed by atoms with E-state index in [1.54, 1.807) is 6.07 Å². The van der Waals surface area contributed by atoms with Crippen LogP contribution in [0.15, 0.2) is 12.1 Å². The molecule has 0 aliphatic heterocycles. The lowest BCUT2D eigenvalue weighted by Gasteiger charge is -2.19. The predicted octanol–water partition coefficient (Wildman–Crippen LogP) is 4.32. The Labute approximate surface area is 123 Å². The highest BCUT2D eigenvalue weighted by atomic mass is 35.5. The van der Waals surface area contributed by atoms with E-state index >= 15 is 0 Å². The third-order valence-corrected chi connectivity index (χ3v) is 4.23. The quantitative estimate of drug-likeness (QED) is 0.767. The minimum Gasteiger partial charge on any atom is -0.396 e. The molecular weight excluding hydrogens is 293 g/mol. The van der Waals surface area contributed by atoms with Crippen molar-refractivity contribution in [2.24, 2.45) is 5.92 Å². The van der Waals surface area contributed by atoms with E-state index in [-0.39, 0.29) is 12.6 Å².